The molecule has 1 N–H and O–H groups in total. The van der Waals surface area contributed by atoms with Gasteiger partial charge in [0.15, 0.2) is 0 Å². The molecule has 1 saturated heterocycles. The SMILES string of the molecule is CCc1nc(CN2CCC(c3ccccc3C(=O)O)CC2)cs1. The zero-order chi connectivity index (χ0) is 16.2. The molecular formula is C18H22N2O2S. The summed E-state index contributed by atoms with van der Waals surface area (Å²) in [6.45, 7) is 5.03. The number of aromatic carboxylic acids is 1. The van der Waals surface area contributed by atoms with Gasteiger partial charge in [0.25, 0.3) is 0 Å². The molecule has 1 aromatic heterocycles. The summed E-state index contributed by atoms with van der Waals surface area (Å²) in [5.41, 5.74) is 2.61. The van der Waals surface area contributed by atoms with Crippen molar-refractivity contribution in [2.24, 2.45) is 0 Å². The van der Waals surface area contributed by atoms with Crippen LogP contribution in [0, 0.1) is 0 Å². The summed E-state index contributed by atoms with van der Waals surface area (Å²) in [6.07, 6.45) is 3.02. The van der Waals surface area contributed by atoms with E-state index in [1.54, 1.807) is 23.5 Å². The lowest BCUT2D eigenvalue weighted by Gasteiger charge is -2.32. The molecule has 5 heteroatoms. The summed E-state index contributed by atoms with van der Waals surface area (Å²) in [7, 11) is 0. The standard InChI is InChI=1S/C18H22N2O2S/c1-2-17-19-14(12-23-17)11-20-9-7-13(8-10-20)15-5-3-4-6-16(15)18(21)22/h3-6,12-13H,2,7-11H2,1H3,(H,21,22). The molecule has 0 saturated carbocycles. The lowest BCUT2D eigenvalue weighted by atomic mass is 9.86. The Morgan fingerprint density at radius 2 is 2.09 bits per heavy atom. The summed E-state index contributed by atoms with van der Waals surface area (Å²) in [6, 6.07) is 7.43. The number of carboxylic acid groups (broad SMARTS) is 1. The maximum absolute atomic E-state index is 11.4. The highest BCUT2D eigenvalue weighted by molar-refractivity contribution is 7.09. The van der Waals surface area contributed by atoms with Crippen LogP contribution in [0.2, 0.25) is 0 Å². The average Bonchev–Trinajstić information content (AvgIpc) is 3.03. The van der Waals surface area contributed by atoms with Crippen molar-refractivity contribution in [2.45, 2.75) is 38.6 Å². The van der Waals surface area contributed by atoms with E-state index in [2.05, 4.69) is 22.2 Å². The van der Waals surface area contributed by atoms with Crippen LogP contribution in [0.25, 0.3) is 0 Å². The highest BCUT2D eigenvalue weighted by Crippen LogP contribution is 2.31. The second kappa shape index (κ2) is 7.23. The minimum atomic E-state index is -0.822. The van der Waals surface area contributed by atoms with Crippen molar-refractivity contribution in [3.8, 4) is 0 Å². The third-order valence-corrected chi connectivity index (χ3v) is 5.55. The van der Waals surface area contributed by atoms with Crippen LogP contribution in [-0.2, 0) is 13.0 Å². The van der Waals surface area contributed by atoms with Crippen LogP contribution >= 0.6 is 11.3 Å². The highest BCUT2D eigenvalue weighted by atomic mass is 32.1. The zero-order valence-electron chi connectivity index (χ0n) is 13.4. The normalized spacial score (nSPS) is 16.6. The van der Waals surface area contributed by atoms with Crippen molar-refractivity contribution in [2.75, 3.05) is 13.1 Å². The average molecular weight is 330 g/mol. The fourth-order valence-electron chi connectivity index (χ4n) is 3.26. The Morgan fingerprint density at radius 1 is 1.35 bits per heavy atom. The Morgan fingerprint density at radius 3 is 2.74 bits per heavy atom. The van der Waals surface area contributed by atoms with Crippen molar-refractivity contribution in [3.63, 3.8) is 0 Å². The van der Waals surface area contributed by atoms with Crippen molar-refractivity contribution < 1.29 is 9.90 Å². The van der Waals surface area contributed by atoms with E-state index in [1.807, 2.05) is 12.1 Å². The minimum Gasteiger partial charge on any atom is -0.478 e. The molecule has 0 amide bonds. The van der Waals surface area contributed by atoms with Crippen LogP contribution < -0.4 is 0 Å². The first-order valence-corrected chi connectivity index (χ1v) is 9.03. The Bertz CT molecular complexity index is 675. The van der Waals surface area contributed by atoms with Gasteiger partial charge >= 0.3 is 5.97 Å². The molecule has 3 rings (SSSR count). The van der Waals surface area contributed by atoms with Gasteiger partial charge in [-0.05, 0) is 49.9 Å². The largest absolute Gasteiger partial charge is 0.478 e. The van der Waals surface area contributed by atoms with Crippen LogP contribution in [0.15, 0.2) is 29.6 Å². The van der Waals surface area contributed by atoms with Gasteiger partial charge < -0.3 is 5.11 Å². The summed E-state index contributed by atoms with van der Waals surface area (Å²) in [5, 5.41) is 12.7. The molecule has 2 aromatic rings. The number of carboxylic acids is 1. The molecule has 0 aliphatic carbocycles. The molecule has 0 atom stereocenters. The van der Waals surface area contributed by atoms with Gasteiger partial charge in [0.2, 0.25) is 0 Å². The number of aryl methyl sites for hydroxylation is 1. The van der Waals surface area contributed by atoms with E-state index in [1.165, 1.54) is 5.01 Å². The summed E-state index contributed by atoms with van der Waals surface area (Å²) in [5.74, 6) is -0.474. The molecule has 0 spiro atoms. The maximum atomic E-state index is 11.4. The number of benzene rings is 1. The predicted molar refractivity (Wildman–Crippen MR) is 92.1 cm³/mol. The van der Waals surface area contributed by atoms with Crippen molar-refractivity contribution >= 4 is 17.3 Å². The van der Waals surface area contributed by atoms with Gasteiger partial charge in [-0.3, -0.25) is 4.90 Å². The van der Waals surface area contributed by atoms with E-state index in [9.17, 15) is 9.90 Å². The van der Waals surface area contributed by atoms with E-state index in [4.69, 9.17) is 0 Å². The molecule has 0 radical (unpaired) electrons. The maximum Gasteiger partial charge on any atom is 0.335 e. The van der Waals surface area contributed by atoms with Gasteiger partial charge in [-0.25, -0.2) is 9.78 Å². The molecule has 1 aromatic carbocycles. The third kappa shape index (κ3) is 3.79. The van der Waals surface area contributed by atoms with Crippen LogP contribution in [0.3, 0.4) is 0 Å². The molecule has 4 nitrogen and oxygen atoms in total. The Hall–Kier alpha value is -1.72. The second-order valence-electron chi connectivity index (χ2n) is 6.03. The molecule has 122 valence electrons. The molecule has 2 heterocycles. The lowest BCUT2D eigenvalue weighted by molar-refractivity contribution is 0.0694. The number of rotatable bonds is 5. The van der Waals surface area contributed by atoms with Gasteiger partial charge in [-0.15, -0.1) is 11.3 Å². The molecule has 1 aliphatic heterocycles. The van der Waals surface area contributed by atoms with Gasteiger partial charge in [0.05, 0.1) is 16.3 Å². The Labute approximate surface area is 140 Å². The number of hydrogen-bond donors (Lipinski definition) is 1. The topological polar surface area (TPSA) is 53.4 Å². The van der Waals surface area contributed by atoms with Crippen molar-refractivity contribution in [3.05, 3.63) is 51.5 Å². The first-order chi connectivity index (χ1) is 11.2. The van der Waals surface area contributed by atoms with Gasteiger partial charge in [0.1, 0.15) is 0 Å². The fraction of sp³-hybridized carbons (Fsp3) is 0.444. The molecular weight excluding hydrogens is 308 g/mol. The number of aromatic nitrogens is 1. The van der Waals surface area contributed by atoms with Crippen LogP contribution in [0.5, 0.6) is 0 Å². The molecule has 1 fully saturated rings. The smallest absolute Gasteiger partial charge is 0.335 e. The highest BCUT2D eigenvalue weighted by Gasteiger charge is 2.24. The second-order valence-corrected chi connectivity index (χ2v) is 6.97. The van der Waals surface area contributed by atoms with E-state index >= 15 is 0 Å². The first-order valence-electron chi connectivity index (χ1n) is 8.15. The third-order valence-electron chi connectivity index (χ3n) is 4.51. The van der Waals surface area contributed by atoms with Gasteiger partial charge in [0, 0.05) is 11.9 Å². The Balaban J connectivity index is 1.61. The summed E-state index contributed by atoms with van der Waals surface area (Å²) >= 11 is 1.74. The van der Waals surface area contributed by atoms with E-state index in [-0.39, 0.29) is 0 Å². The molecule has 0 unspecified atom stereocenters. The van der Waals surface area contributed by atoms with Crippen LogP contribution in [0.4, 0.5) is 0 Å². The Kier molecular flexibility index (Phi) is 5.08. The van der Waals surface area contributed by atoms with Crippen LogP contribution in [-0.4, -0.2) is 34.0 Å². The summed E-state index contributed by atoms with van der Waals surface area (Å²) < 4.78 is 0. The number of likely N-dealkylation sites (tertiary alicyclic amines) is 1. The molecule has 0 bridgehead atoms. The van der Waals surface area contributed by atoms with Gasteiger partial charge in [-0.2, -0.15) is 0 Å². The quantitative estimate of drug-likeness (QED) is 0.906. The van der Waals surface area contributed by atoms with E-state index in [0.717, 1.165) is 50.2 Å². The molecule has 1 aliphatic rings. The number of nitrogens with zero attached hydrogens (tertiary/aromatic N) is 2. The predicted octanol–water partition coefficient (Wildman–Crippen LogP) is 3.78. The lowest BCUT2D eigenvalue weighted by Crippen LogP contribution is -2.33. The van der Waals surface area contributed by atoms with E-state index < -0.39 is 5.97 Å². The zero-order valence-corrected chi connectivity index (χ0v) is 14.2. The van der Waals surface area contributed by atoms with Crippen molar-refractivity contribution in [1.29, 1.82) is 0 Å². The van der Waals surface area contributed by atoms with Crippen molar-refractivity contribution in [1.82, 2.24) is 9.88 Å². The summed E-state index contributed by atoms with van der Waals surface area (Å²) in [4.78, 5) is 18.4. The number of piperidine rings is 1. The fourth-order valence-corrected chi connectivity index (χ4v) is 4.00. The number of thiazole rings is 1. The van der Waals surface area contributed by atoms with Gasteiger partial charge in [-0.1, -0.05) is 25.1 Å². The number of carbonyl (C=O) groups is 1. The number of hydrogen-bond acceptors (Lipinski definition) is 4. The monoisotopic (exact) mass is 330 g/mol. The molecule has 23 heavy (non-hydrogen) atoms. The first kappa shape index (κ1) is 16.1. The van der Waals surface area contributed by atoms with Crippen LogP contribution in [0.1, 0.15) is 52.3 Å². The van der Waals surface area contributed by atoms with E-state index in [0.29, 0.717) is 11.5 Å². The minimum absolute atomic E-state index is 0.347.